The number of carboxylic acid groups (broad SMARTS) is 1. The van der Waals surface area contributed by atoms with Gasteiger partial charge in [-0.25, -0.2) is 0 Å². The molecule has 0 rings (SSSR count). The number of esters is 1. The molecule has 0 fully saturated rings. The van der Waals surface area contributed by atoms with Gasteiger partial charge in [-0.2, -0.15) is 0 Å². The van der Waals surface area contributed by atoms with Gasteiger partial charge >= 0.3 is 11.9 Å². The van der Waals surface area contributed by atoms with Crippen LogP contribution in [0.5, 0.6) is 0 Å². The number of carbonyl (C=O) groups is 2. The lowest BCUT2D eigenvalue weighted by atomic mass is 10.0. The van der Waals surface area contributed by atoms with Crippen LogP contribution >= 0.6 is 0 Å². The van der Waals surface area contributed by atoms with Crippen molar-refractivity contribution in [2.24, 2.45) is 0 Å². The highest BCUT2D eigenvalue weighted by Crippen LogP contribution is 2.19. The van der Waals surface area contributed by atoms with Crippen LogP contribution in [0.15, 0.2) is 36.5 Å². The lowest BCUT2D eigenvalue weighted by molar-refractivity contribution is -0.150. The van der Waals surface area contributed by atoms with Crippen LogP contribution in [0, 0.1) is 0 Å². The standard InChI is InChI=1S/C48H88O4/c1-3-5-7-9-10-11-12-13-14-15-16-17-18-19-20-25-28-31-34-37-41-45-48(51)52-46(42-38-8-6-4-2)43-39-35-32-29-26-23-21-22-24-27-30-33-36-40-44-47(49)50/h10-11,13-14,19-20,46H,3-9,12,15-18,21-45H2,1-2H3,(H,49,50)/b11-10-,14-13-,20-19-. The zero-order valence-corrected chi connectivity index (χ0v) is 34.9. The number of rotatable bonds is 42. The lowest BCUT2D eigenvalue weighted by Gasteiger charge is -2.18. The molecule has 0 aromatic carbocycles. The largest absolute Gasteiger partial charge is 0.481 e. The molecule has 0 saturated carbocycles. The summed E-state index contributed by atoms with van der Waals surface area (Å²) in [4.78, 5) is 23.2. The topological polar surface area (TPSA) is 63.6 Å². The maximum Gasteiger partial charge on any atom is 0.306 e. The van der Waals surface area contributed by atoms with Gasteiger partial charge in [-0.05, 0) is 96.3 Å². The first-order valence-corrected chi connectivity index (χ1v) is 23.0. The van der Waals surface area contributed by atoms with Gasteiger partial charge in [0.1, 0.15) is 6.10 Å². The van der Waals surface area contributed by atoms with Crippen molar-refractivity contribution in [1.29, 1.82) is 0 Å². The van der Waals surface area contributed by atoms with Crippen molar-refractivity contribution in [1.82, 2.24) is 0 Å². The van der Waals surface area contributed by atoms with Crippen LogP contribution in [-0.2, 0) is 14.3 Å². The third-order valence-corrected chi connectivity index (χ3v) is 10.3. The van der Waals surface area contributed by atoms with E-state index in [-0.39, 0.29) is 12.1 Å². The first-order chi connectivity index (χ1) is 25.6. The number of carbonyl (C=O) groups excluding carboxylic acids is 1. The number of allylic oxidation sites excluding steroid dienone is 6. The van der Waals surface area contributed by atoms with E-state index in [4.69, 9.17) is 9.84 Å². The Kier molecular flexibility index (Phi) is 42.0. The number of ether oxygens (including phenoxy) is 1. The normalized spacial score (nSPS) is 12.5. The molecule has 4 nitrogen and oxygen atoms in total. The highest BCUT2D eigenvalue weighted by Gasteiger charge is 2.14. The van der Waals surface area contributed by atoms with E-state index >= 15 is 0 Å². The van der Waals surface area contributed by atoms with Crippen molar-refractivity contribution in [2.75, 3.05) is 0 Å². The molecule has 0 bridgehead atoms. The van der Waals surface area contributed by atoms with Crippen LogP contribution in [0.2, 0.25) is 0 Å². The maximum absolute atomic E-state index is 12.7. The van der Waals surface area contributed by atoms with Crippen molar-refractivity contribution < 1.29 is 19.4 Å². The Bertz CT molecular complexity index is 828. The average molecular weight is 729 g/mol. The van der Waals surface area contributed by atoms with Gasteiger partial charge in [-0.15, -0.1) is 0 Å². The molecule has 0 saturated heterocycles. The molecule has 0 radical (unpaired) electrons. The summed E-state index contributed by atoms with van der Waals surface area (Å²) in [5.41, 5.74) is 0. The third kappa shape index (κ3) is 42.6. The predicted molar refractivity (Wildman–Crippen MR) is 227 cm³/mol. The monoisotopic (exact) mass is 729 g/mol. The maximum atomic E-state index is 12.7. The molecule has 0 aliphatic rings. The summed E-state index contributed by atoms with van der Waals surface area (Å²) in [6.45, 7) is 4.51. The summed E-state index contributed by atoms with van der Waals surface area (Å²) in [5, 5.41) is 8.69. The Balaban J connectivity index is 3.77. The molecule has 0 aliphatic carbocycles. The van der Waals surface area contributed by atoms with E-state index in [1.165, 1.54) is 180 Å². The summed E-state index contributed by atoms with van der Waals surface area (Å²) in [6, 6.07) is 0. The van der Waals surface area contributed by atoms with Gasteiger partial charge in [0, 0.05) is 12.8 Å². The van der Waals surface area contributed by atoms with Gasteiger partial charge < -0.3 is 9.84 Å². The van der Waals surface area contributed by atoms with Gasteiger partial charge in [-0.3, -0.25) is 9.59 Å². The van der Waals surface area contributed by atoms with Gasteiger partial charge in [0.25, 0.3) is 0 Å². The van der Waals surface area contributed by atoms with Crippen molar-refractivity contribution in [3.8, 4) is 0 Å². The highest BCUT2D eigenvalue weighted by molar-refractivity contribution is 5.69. The molecule has 0 spiro atoms. The average Bonchev–Trinajstić information content (AvgIpc) is 3.13. The molecular weight excluding hydrogens is 641 g/mol. The summed E-state index contributed by atoms with van der Waals surface area (Å²) >= 11 is 0. The van der Waals surface area contributed by atoms with Crippen molar-refractivity contribution in [3.05, 3.63) is 36.5 Å². The Labute approximate surface area is 324 Å². The predicted octanol–water partition coefficient (Wildman–Crippen LogP) is 16.1. The number of aliphatic carboxylic acids is 1. The molecular formula is C48H88O4. The Hall–Kier alpha value is -1.84. The minimum atomic E-state index is -0.666. The number of carboxylic acids is 1. The Morgan fingerprint density at radius 2 is 0.750 bits per heavy atom. The highest BCUT2D eigenvalue weighted by atomic mass is 16.5. The number of hydrogen-bond acceptors (Lipinski definition) is 3. The molecule has 0 aliphatic heterocycles. The smallest absolute Gasteiger partial charge is 0.306 e. The van der Waals surface area contributed by atoms with E-state index in [0.717, 1.165) is 44.9 Å². The zero-order chi connectivity index (χ0) is 37.8. The van der Waals surface area contributed by atoms with E-state index in [2.05, 4.69) is 50.3 Å². The SMILES string of the molecule is CCCCC/C=C\C/C=C\CCCC/C=C\CCCCCCCC(=O)OC(CCCCCC)CCCCCCCCCCCCCCCCC(=O)O. The van der Waals surface area contributed by atoms with E-state index in [9.17, 15) is 9.59 Å². The van der Waals surface area contributed by atoms with Crippen LogP contribution in [0.4, 0.5) is 0 Å². The van der Waals surface area contributed by atoms with E-state index in [0.29, 0.717) is 12.8 Å². The van der Waals surface area contributed by atoms with Gasteiger partial charge in [0.05, 0.1) is 0 Å². The molecule has 1 unspecified atom stereocenters. The van der Waals surface area contributed by atoms with Crippen LogP contribution in [0.1, 0.15) is 251 Å². The number of unbranched alkanes of at least 4 members (excludes halogenated alkanes) is 27. The van der Waals surface area contributed by atoms with E-state index in [1.807, 2.05) is 0 Å². The fourth-order valence-electron chi connectivity index (χ4n) is 6.92. The summed E-state index contributed by atoms with van der Waals surface area (Å²) in [6.07, 6.45) is 57.9. The van der Waals surface area contributed by atoms with Crippen molar-refractivity contribution in [2.45, 2.75) is 258 Å². The van der Waals surface area contributed by atoms with E-state index in [1.54, 1.807) is 0 Å². The van der Waals surface area contributed by atoms with Crippen LogP contribution in [0.25, 0.3) is 0 Å². The lowest BCUT2D eigenvalue weighted by Crippen LogP contribution is -2.18. The van der Waals surface area contributed by atoms with Gasteiger partial charge in [0.2, 0.25) is 0 Å². The molecule has 1 atom stereocenters. The quantitative estimate of drug-likeness (QED) is 0.0386. The van der Waals surface area contributed by atoms with Crippen molar-refractivity contribution in [3.63, 3.8) is 0 Å². The van der Waals surface area contributed by atoms with Crippen LogP contribution in [0.3, 0.4) is 0 Å². The molecule has 0 aromatic rings. The first-order valence-electron chi connectivity index (χ1n) is 23.0. The van der Waals surface area contributed by atoms with Crippen LogP contribution in [-0.4, -0.2) is 23.1 Å². The molecule has 4 heteroatoms. The second-order valence-electron chi connectivity index (χ2n) is 15.6. The molecule has 304 valence electrons. The molecule has 0 aromatic heterocycles. The fraction of sp³-hybridized carbons (Fsp3) is 0.833. The minimum absolute atomic E-state index is 0.0340. The summed E-state index contributed by atoms with van der Waals surface area (Å²) < 4.78 is 6.03. The van der Waals surface area contributed by atoms with E-state index < -0.39 is 5.97 Å². The Morgan fingerprint density at radius 3 is 1.21 bits per heavy atom. The van der Waals surface area contributed by atoms with Crippen LogP contribution < -0.4 is 0 Å². The first kappa shape index (κ1) is 50.2. The number of hydrogen-bond donors (Lipinski definition) is 1. The van der Waals surface area contributed by atoms with Gasteiger partial charge in [-0.1, -0.05) is 179 Å². The van der Waals surface area contributed by atoms with Gasteiger partial charge in [0.15, 0.2) is 0 Å². The summed E-state index contributed by atoms with van der Waals surface area (Å²) in [5.74, 6) is -0.632. The third-order valence-electron chi connectivity index (χ3n) is 10.3. The second-order valence-corrected chi connectivity index (χ2v) is 15.6. The Morgan fingerprint density at radius 1 is 0.423 bits per heavy atom. The molecule has 52 heavy (non-hydrogen) atoms. The molecule has 1 N–H and O–H groups in total. The molecule has 0 heterocycles. The van der Waals surface area contributed by atoms with Crippen molar-refractivity contribution >= 4 is 11.9 Å². The minimum Gasteiger partial charge on any atom is -0.481 e. The molecule has 0 amide bonds. The second kappa shape index (κ2) is 43.6. The fourth-order valence-corrected chi connectivity index (χ4v) is 6.92. The summed E-state index contributed by atoms with van der Waals surface area (Å²) in [7, 11) is 0. The zero-order valence-electron chi connectivity index (χ0n) is 34.9.